The summed E-state index contributed by atoms with van der Waals surface area (Å²) in [6.07, 6.45) is 4.54. The minimum atomic E-state index is -3.55. The molecule has 2 rings (SSSR count). The van der Waals surface area contributed by atoms with Crippen molar-refractivity contribution < 1.29 is 13.2 Å². The Morgan fingerprint density at radius 1 is 1.27 bits per heavy atom. The summed E-state index contributed by atoms with van der Waals surface area (Å²) in [6.45, 7) is 4.09. The molecule has 1 saturated heterocycles. The molecule has 1 atom stereocenters. The topological polar surface area (TPSA) is 54.5 Å². The molecule has 0 aromatic heterocycles. The van der Waals surface area contributed by atoms with E-state index in [-0.39, 0.29) is 6.04 Å². The van der Waals surface area contributed by atoms with Crippen molar-refractivity contribution in [1.29, 1.82) is 0 Å². The highest BCUT2D eigenvalue weighted by Gasteiger charge is 2.34. The third-order valence-electron chi connectivity index (χ3n) is 4.23. The molecule has 0 spiro atoms. The molecule has 0 saturated carbocycles. The van der Waals surface area contributed by atoms with Crippen LogP contribution in [0.2, 0.25) is 5.02 Å². The van der Waals surface area contributed by atoms with E-state index in [0.717, 1.165) is 31.1 Å². The third-order valence-corrected chi connectivity index (χ3v) is 6.73. The Hall–Kier alpha value is -0.910. The maximum absolute atomic E-state index is 13.0. The van der Waals surface area contributed by atoms with Gasteiger partial charge < -0.3 is 4.79 Å². The molecule has 1 aromatic rings. The summed E-state index contributed by atoms with van der Waals surface area (Å²) >= 11 is 6.07. The Bertz CT molecular complexity index is 658. The van der Waals surface area contributed by atoms with E-state index in [0.29, 0.717) is 34.9 Å². The number of carbonyl (C=O) groups is 1. The summed E-state index contributed by atoms with van der Waals surface area (Å²) in [5.74, 6) is 0. The number of nitrogens with zero attached hydrogens (tertiary/aromatic N) is 1. The molecule has 1 aromatic carbocycles. The Morgan fingerprint density at radius 2 is 2.00 bits per heavy atom. The van der Waals surface area contributed by atoms with Crippen molar-refractivity contribution in [3.05, 3.63) is 28.3 Å². The molecule has 4 nitrogen and oxygen atoms in total. The van der Waals surface area contributed by atoms with Gasteiger partial charge in [-0.05, 0) is 56.4 Å². The molecule has 122 valence electrons. The average Bonchev–Trinajstić information content (AvgIpc) is 2.49. The standard InChI is InChI=1S/C16H22ClNO3S/c1-12-11-16(13(2)10-15(12)17)22(20,21)18-8-4-3-6-14(18)7-5-9-19/h9-11,14H,3-8H2,1-2H3. The molecule has 22 heavy (non-hydrogen) atoms. The van der Waals surface area contributed by atoms with Gasteiger partial charge in [0.05, 0.1) is 4.90 Å². The van der Waals surface area contributed by atoms with Crippen LogP contribution in [0.4, 0.5) is 0 Å². The summed E-state index contributed by atoms with van der Waals surface area (Å²) < 4.78 is 27.7. The molecule has 1 fully saturated rings. The first-order chi connectivity index (χ1) is 10.4. The van der Waals surface area contributed by atoms with Crippen LogP contribution in [0.15, 0.2) is 17.0 Å². The van der Waals surface area contributed by atoms with Crippen LogP contribution in [0.3, 0.4) is 0 Å². The second-order valence-electron chi connectivity index (χ2n) is 5.88. The number of carbonyl (C=O) groups excluding carboxylic acids is 1. The van der Waals surface area contributed by atoms with Crippen LogP contribution in [0, 0.1) is 13.8 Å². The van der Waals surface area contributed by atoms with E-state index >= 15 is 0 Å². The molecule has 0 N–H and O–H groups in total. The summed E-state index contributed by atoms with van der Waals surface area (Å²) in [5, 5.41) is 0.576. The Kier molecular flexibility index (Phi) is 5.64. The number of halogens is 1. The van der Waals surface area contributed by atoms with Crippen LogP contribution >= 0.6 is 11.6 Å². The van der Waals surface area contributed by atoms with Crippen molar-refractivity contribution in [1.82, 2.24) is 4.31 Å². The zero-order chi connectivity index (χ0) is 16.3. The van der Waals surface area contributed by atoms with Gasteiger partial charge in [0, 0.05) is 24.0 Å². The highest BCUT2D eigenvalue weighted by molar-refractivity contribution is 7.89. The number of aldehydes is 1. The first-order valence-corrected chi connectivity index (χ1v) is 9.42. The summed E-state index contributed by atoms with van der Waals surface area (Å²) in [5.41, 5.74) is 1.42. The Labute approximate surface area is 137 Å². The molecule has 0 radical (unpaired) electrons. The SMILES string of the molecule is Cc1cc(S(=O)(=O)N2CCCCC2CCC=O)c(C)cc1Cl. The van der Waals surface area contributed by atoms with Crippen LogP contribution < -0.4 is 0 Å². The van der Waals surface area contributed by atoms with Gasteiger partial charge in [0.15, 0.2) is 0 Å². The fraction of sp³-hybridized carbons (Fsp3) is 0.562. The van der Waals surface area contributed by atoms with Gasteiger partial charge in [-0.3, -0.25) is 0 Å². The van der Waals surface area contributed by atoms with E-state index in [4.69, 9.17) is 11.6 Å². The number of piperidine rings is 1. The average molecular weight is 344 g/mol. The lowest BCUT2D eigenvalue weighted by molar-refractivity contribution is -0.108. The molecule has 1 aliphatic heterocycles. The van der Waals surface area contributed by atoms with E-state index in [9.17, 15) is 13.2 Å². The van der Waals surface area contributed by atoms with Gasteiger partial charge in [0.25, 0.3) is 0 Å². The van der Waals surface area contributed by atoms with E-state index in [1.54, 1.807) is 30.3 Å². The van der Waals surface area contributed by atoms with Crippen LogP contribution in [0.25, 0.3) is 0 Å². The maximum Gasteiger partial charge on any atom is 0.243 e. The summed E-state index contributed by atoms with van der Waals surface area (Å²) in [7, 11) is -3.55. The van der Waals surface area contributed by atoms with Crippen LogP contribution in [-0.2, 0) is 14.8 Å². The fourth-order valence-corrected chi connectivity index (χ4v) is 5.23. The van der Waals surface area contributed by atoms with Crippen molar-refractivity contribution in [3.63, 3.8) is 0 Å². The van der Waals surface area contributed by atoms with Gasteiger partial charge in [-0.25, -0.2) is 8.42 Å². The maximum atomic E-state index is 13.0. The van der Waals surface area contributed by atoms with E-state index < -0.39 is 10.0 Å². The van der Waals surface area contributed by atoms with E-state index in [2.05, 4.69) is 0 Å². The van der Waals surface area contributed by atoms with Gasteiger partial charge in [0.1, 0.15) is 6.29 Å². The number of hydrogen-bond donors (Lipinski definition) is 0. The highest BCUT2D eigenvalue weighted by Crippen LogP contribution is 2.31. The highest BCUT2D eigenvalue weighted by atomic mass is 35.5. The lowest BCUT2D eigenvalue weighted by Crippen LogP contribution is -2.43. The van der Waals surface area contributed by atoms with Crippen LogP contribution in [0.1, 0.15) is 43.2 Å². The predicted octanol–water partition coefficient (Wildman–Crippen LogP) is 3.48. The third kappa shape index (κ3) is 3.53. The monoisotopic (exact) mass is 343 g/mol. The summed E-state index contributed by atoms with van der Waals surface area (Å²) in [4.78, 5) is 11.0. The normalized spacial score (nSPS) is 20.0. The predicted molar refractivity (Wildman–Crippen MR) is 87.8 cm³/mol. The number of rotatable bonds is 5. The van der Waals surface area contributed by atoms with Gasteiger partial charge in [-0.15, -0.1) is 0 Å². The van der Waals surface area contributed by atoms with E-state index in [1.807, 2.05) is 0 Å². The van der Waals surface area contributed by atoms with Gasteiger partial charge in [-0.1, -0.05) is 18.0 Å². The molecule has 1 aliphatic rings. The summed E-state index contributed by atoms with van der Waals surface area (Å²) in [6, 6.07) is 3.27. The Morgan fingerprint density at radius 3 is 2.68 bits per heavy atom. The quantitative estimate of drug-likeness (QED) is 0.769. The molecular formula is C16H22ClNO3S. The van der Waals surface area contributed by atoms with Crippen molar-refractivity contribution in [2.75, 3.05) is 6.54 Å². The molecule has 0 amide bonds. The zero-order valence-corrected chi connectivity index (χ0v) is 14.6. The molecule has 1 unspecified atom stereocenters. The fourth-order valence-electron chi connectivity index (χ4n) is 3.00. The molecule has 0 bridgehead atoms. The van der Waals surface area contributed by atoms with E-state index in [1.165, 1.54) is 0 Å². The Balaban J connectivity index is 2.39. The van der Waals surface area contributed by atoms with Crippen molar-refractivity contribution in [3.8, 4) is 0 Å². The van der Waals surface area contributed by atoms with Crippen molar-refractivity contribution in [2.24, 2.45) is 0 Å². The van der Waals surface area contributed by atoms with Gasteiger partial charge in [0.2, 0.25) is 10.0 Å². The number of sulfonamides is 1. The van der Waals surface area contributed by atoms with Crippen LogP contribution in [-0.4, -0.2) is 31.6 Å². The smallest absolute Gasteiger partial charge is 0.243 e. The number of hydrogen-bond acceptors (Lipinski definition) is 3. The molecular weight excluding hydrogens is 322 g/mol. The molecule has 0 aliphatic carbocycles. The number of benzene rings is 1. The molecule has 1 heterocycles. The molecule has 6 heteroatoms. The minimum Gasteiger partial charge on any atom is -0.303 e. The lowest BCUT2D eigenvalue weighted by Gasteiger charge is -2.35. The first-order valence-electron chi connectivity index (χ1n) is 7.60. The lowest BCUT2D eigenvalue weighted by atomic mass is 10.0. The number of aryl methyl sites for hydroxylation is 2. The first kappa shape index (κ1) is 17.4. The largest absolute Gasteiger partial charge is 0.303 e. The van der Waals surface area contributed by atoms with Gasteiger partial charge in [-0.2, -0.15) is 4.31 Å². The second kappa shape index (κ2) is 7.11. The zero-order valence-electron chi connectivity index (χ0n) is 13.0. The van der Waals surface area contributed by atoms with Crippen LogP contribution in [0.5, 0.6) is 0 Å². The van der Waals surface area contributed by atoms with Gasteiger partial charge >= 0.3 is 0 Å². The minimum absolute atomic E-state index is 0.0839. The van der Waals surface area contributed by atoms with Crippen molar-refractivity contribution >= 4 is 27.9 Å². The second-order valence-corrected chi connectivity index (χ2v) is 8.14. The van der Waals surface area contributed by atoms with Crippen molar-refractivity contribution in [2.45, 2.75) is 56.9 Å².